The van der Waals surface area contributed by atoms with Crippen molar-refractivity contribution in [1.29, 1.82) is 0 Å². The van der Waals surface area contributed by atoms with Crippen molar-refractivity contribution in [2.24, 2.45) is 4.99 Å². The van der Waals surface area contributed by atoms with Gasteiger partial charge in [0.1, 0.15) is 11.9 Å². The standard InChI is InChI=1S/C23H19ClN2O/c1-27-17-13-11-15(12-14-17)20-22-21(16-7-3-2-4-8-16)26(22)23(25-20)18-9-5-6-10-19(18)24/h2-14,21-23H,1H3/t21-,22+,23-,26?/m0/s1. The van der Waals surface area contributed by atoms with E-state index in [2.05, 4.69) is 53.4 Å². The Balaban J connectivity index is 1.57. The van der Waals surface area contributed by atoms with Crippen LogP contribution in [0.4, 0.5) is 0 Å². The lowest BCUT2D eigenvalue weighted by Gasteiger charge is -2.15. The summed E-state index contributed by atoms with van der Waals surface area (Å²) in [6.07, 6.45) is -0.0500. The number of hydrogen-bond donors (Lipinski definition) is 0. The first-order valence-electron chi connectivity index (χ1n) is 9.07. The minimum absolute atomic E-state index is 0.0500. The van der Waals surface area contributed by atoms with Gasteiger partial charge in [0, 0.05) is 10.6 Å². The number of rotatable bonds is 4. The lowest BCUT2D eigenvalue weighted by Crippen LogP contribution is -2.08. The average Bonchev–Trinajstić information content (AvgIpc) is 3.34. The van der Waals surface area contributed by atoms with Gasteiger partial charge >= 0.3 is 0 Å². The molecule has 134 valence electrons. The van der Waals surface area contributed by atoms with E-state index in [4.69, 9.17) is 21.3 Å². The number of benzene rings is 3. The third kappa shape index (κ3) is 2.75. The lowest BCUT2D eigenvalue weighted by molar-refractivity contribution is 0.404. The van der Waals surface area contributed by atoms with Crippen molar-refractivity contribution in [3.05, 3.63) is 101 Å². The highest BCUT2D eigenvalue weighted by Crippen LogP contribution is 2.56. The van der Waals surface area contributed by atoms with Crippen LogP contribution in [0, 0.1) is 0 Å². The molecule has 3 aromatic rings. The summed E-state index contributed by atoms with van der Waals surface area (Å²) in [5, 5.41) is 0.764. The summed E-state index contributed by atoms with van der Waals surface area (Å²) in [4.78, 5) is 7.51. The zero-order valence-electron chi connectivity index (χ0n) is 14.9. The Morgan fingerprint density at radius 2 is 1.56 bits per heavy atom. The SMILES string of the molecule is COc1ccc(C2=N[C@H](c3ccccc3Cl)N3[C@H]2[C@@H]3c2ccccc2)cc1. The topological polar surface area (TPSA) is 24.6 Å². The van der Waals surface area contributed by atoms with E-state index in [1.165, 1.54) is 5.56 Å². The van der Waals surface area contributed by atoms with Gasteiger partial charge in [-0.15, -0.1) is 0 Å². The van der Waals surface area contributed by atoms with Crippen LogP contribution < -0.4 is 4.74 Å². The van der Waals surface area contributed by atoms with Crippen LogP contribution in [0.15, 0.2) is 83.9 Å². The molecular formula is C23H19ClN2O. The molecular weight excluding hydrogens is 356 g/mol. The van der Waals surface area contributed by atoms with Crippen LogP contribution in [0.5, 0.6) is 5.75 Å². The van der Waals surface area contributed by atoms with Gasteiger partial charge in [0.05, 0.1) is 24.9 Å². The first-order valence-corrected chi connectivity index (χ1v) is 9.44. The fourth-order valence-electron chi connectivity index (χ4n) is 4.04. The summed E-state index contributed by atoms with van der Waals surface area (Å²) in [6.45, 7) is 0. The van der Waals surface area contributed by atoms with Crippen molar-refractivity contribution in [2.75, 3.05) is 7.11 Å². The van der Waals surface area contributed by atoms with E-state index in [0.717, 1.165) is 27.6 Å². The fraction of sp³-hybridized carbons (Fsp3) is 0.174. The molecule has 27 heavy (non-hydrogen) atoms. The number of fused-ring (bicyclic) bond motifs is 1. The third-order valence-corrected chi connectivity index (χ3v) is 5.73. The molecule has 0 saturated carbocycles. The second-order valence-electron chi connectivity index (χ2n) is 6.89. The largest absolute Gasteiger partial charge is 0.497 e. The van der Waals surface area contributed by atoms with Gasteiger partial charge in [0.25, 0.3) is 0 Å². The number of methoxy groups -OCH3 is 1. The molecule has 0 aliphatic carbocycles. The van der Waals surface area contributed by atoms with Gasteiger partial charge < -0.3 is 4.74 Å². The minimum Gasteiger partial charge on any atom is -0.497 e. The number of hydrogen-bond acceptors (Lipinski definition) is 3. The van der Waals surface area contributed by atoms with E-state index in [0.29, 0.717) is 6.04 Å². The van der Waals surface area contributed by atoms with Crippen molar-refractivity contribution in [2.45, 2.75) is 18.2 Å². The maximum Gasteiger partial charge on any atom is 0.131 e. The number of aliphatic imine (C=N–C) groups is 1. The molecule has 0 spiro atoms. The quantitative estimate of drug-likeness (QED) is 0.580. The van der Waals surface area contributed by atoms with Crippen molar-refractivity contribution in [3.8, 4) is 5.75 Å². The van der Waals surface area contributed by atoms with Crippen LogP contribution in [0.3, 0.4) is 0 Å². The van der Waals surface area contributed by atoms with Gasteiger partial charge in [0.15, 0.2) is 0 Å². The predicted molar refractivity (Wildman–Crippen MR) is 109 cm³/mol. The maximum atomic E-state index is 6.50. The normalized spacial score (nSPS) is 25.6. The number of nitrogens with zero attached hydrogens (tertiary/aromatic N) is 2. The summed E-state index contributed by atoms with van der Waals surface area (Å²) in [5.74, 6) is 0.854. The lowest BCUT2D eigenvalue weighted by atomic mass is 10.0. The zero-order chi connectivity index (χ0) is 18.4. The van der Waals surface area contributed by atoms with Gasteiger partial charge in [-0.3, -0.25) is 9.89 Å². The average molecular weight is 375 g/mol. The predicted octanol–water partition coefficient (Wildman–Crippen LogP) is 5.28. The highest BCUT2D eigenvalue weighted by atomic mass is 35.5. The Hall–Kier alpha value is -2.62. The first-order chi connectivity index (χ1) is 13.3. The molecule has 4 atom stereocenters. The smallest absolute Gasteiger partial charge is 0.131 e. The summed E-state index contributed by atoms with van der Waals surface area (Å²) in [7, 11) is 1.68. The molecule has 0 N–H and O–H groups in total. The molecule has 1 fully saturated rings. The Labute approximate surface area is 163 Å². The fourth-order valence-corrected chi connectivity index (χ4v) is 4.28. The molecule has 2 aliphatic heterocycles. The number of ether oxygens (including phenoxy) is 1. The molecule has 0 amide bonds. The van der Waals surface area contributed by atoms with Crippen molar-refractivity contribution in [3.63, 3.8) is 0 Å². The molecule has 3 aromatic carbocycles. The molecule has 4 heteroatoms. The van der Waals surface area contributed by atoms with E-state index < -0.39 is 0 Å². The second-order valence-corrected chi connectivity index (χ2v) is 7.29. The van der Waals surface area contributed by atoms with Crippen molar-refractivity contribution < 1.29 is 4.74 Å². The van der Waals surface area contributed by atoms with E-state index in [1.807, 2.05) is 30.3 Å². The van der Waals surface area contributed by atoms with Crippen LogP contribution in [0.25, 0.3) is 0 Å². The van der Waals surface area contributed by atoms with Gasteiger partial charge in [0.2, 0.25) is 0 Å². The Morgan fingerprint density at radius 3 is 2.26 bits per heavy atom. The summed E-state index contributed by atoms with van der Waals surface area (Å²) in [5.41, 5.74) is 4.64. The first kappa shape index (κ1) is 16.5. The van der Waals surface area contributed by atoms with Crippen LogP contribution >= 0.6 is 11.6 Å². The molecule has 0 aromatic heterocycles. The summed E-state index contributed by atoms with van der Waals surface area (Å²) in [6, 6.07) is 27.4. The summed E-state index contributed by atoms with van der Waals surface area (Å²) >= 11 is 6.50. The van der Waals surface area contributed by atoms with Crippen molar-refractivity contribution >= 4 is 17.3 Å². The summed E-state index contributed by atoms with van der Waals surface area (Å²) < 4.78 is 5.30. The Bertz CT molecular complexity index is 1000. The molecule has 1 saturated heterocycles. The molecule has 0 bridgehead atoms. The highest BCUT2D eigenvalue weighted by Gasteiger charge is 2.59. The van der Waals surface area contributed by atoms with Crippen molar-refractivity contribution in [1.82, 2.24) is 4.90 Å². The van der Waals surface area contributed by atoms with Crippen LogP contribution in [0.1, 0.15) is 28.9 Å². The number of halogens is 1. The second kappa shape index (κ2) is 6.52. The van der Waals surface area contributed by atoms with E-state index >= 15 is 0 Å². The molecule has 5 rings (SSSR count). The van der Waals surface area contributed by atoms with Crippen LogP contribution in [0.2, 0.25) is 5.02 Å². The maximum absolute atomic E-state index is 6.50. The van der Waals surface area contributed by atoms with E-state index in [9.17, 15) is 0 Å². The monoisotopic (exact) mass is 374 g/mol. The van der Waals surface area contributed by atoms with E-state index in [1.54, 1.807) is 7.11 Å². The third-order valence-electron chi connectivity index (χ3n) is 5.39. The molecule has 1 unspecified atom stereocenters. The molecule has 0 radical (unpaired) electrons. The molecule has 3 nitrogen and oxygen atoms in total. The Kier molecular flexibility index (Phi) is 4.00. The van der Waals surface area contributed by atoms with Gasteiger partial charge in [-0.1, -0.05) is 60.1 Å². The highest BCUT2D eigenvalue weighted by molar-refractivity contribution is 6.31. The van der Waals surface area contributed by atoms with E-state index in [-0.39, 0.29) is 12.2 Å². The Morgan fingerprint density at radius 1 is 0.852 bits per heavy atom. The van der Waals surface area contributed by atoms with Crippen LogP contribution in [-0.2, 0) is 0 Å². The van der Waals surface area contributed by atoms with Crippen LogP contribution in [-0.4, -0.2) is 23.8 Å². The molecule has 2 heterocycles. The zero-order valence-corrected chi connectivity index (χ0v) is 15.7. The molecule has 2 aliphatic rings. The minimum atomic E-state index is -0.0500. The van der Waals surface area contributed by atoms with Gasteiger partial charge in [-0.2, -0.15) is 0 Å². The van der Waals surface area contributed by atoms with Gasteiger partial charge in [-0.25, -0.2) is 0 Å². The van der Waals surface area contributed by atoms with Gasteiger partial charge in [-0.05, 0) is 41.5 Å².